The number of carbonyl (C=O) groups excluding carboxylic acids is 1. The van der Waals surface area contributed by atoms with Gasteiger partial charge in [-0.05, 0) is 13.3 Å². The van der Waals surface area contributed by atoms with E-state index in [1.165, 1.54) is 6.33 Å². The van der Waals surface area contributed by atoms with Crippen molar-refractivity contribution < 1.29 is 4.79 Å². The zero-order valence-corrected chi connectivity index (χ0v) is 10.4. The van der Waals surface area contributed by atoms with Crippen LogP contribution in [0.4, 0.5) is 0 Å². The summed E-state index contributed by atoms with van der Waals surface area (Å²) in [6.07, 6.45) is 4.04. The van der Waals surface area contributed by atoms with Gasteiger partial charge in [0.2, 0.25) is 5.91 Å². The zero-order valence-electron chi connectivity index (χ0n) is 10.4. The van der Waals surface area contributed by atoms with E-state index in [2.05, 4.69) is 15.4 Å². The van der Waals surface area contributed by atoms with E-state index in [-0.39, 0.29) is 17.4 Å². The second-order valence-corrected chi connectivity index (χ2v) is 5.07. The molecule has 1 aromatic heterocycles. The third-order valence-corrected chi connectivity index (χ3v) is 2.32. The van der Waals surface area contributed by atoms with Crippen LogP contribution < -0.4 is 5.32 Å². The van der Waals surface area contributed by atoms with Gasteiger partial charge in [0.1, 0.15) is 12.7 Å². The molecule has 1 unspecified atom stereocenters. The number of aromatic nitrogens is 3. The standard InChI is InChI=1S/C11H20N4O/c1-9(14-10(16)11(2,3)4)5-6-15-8-12-7-13-15/h7-9H,5-6H2,1-4H3,(H,14,16). The van der Waals surface area contributed by atoms with Crippen LogP contribution in [-0.2, 0) is 11.3 Å². The number of nitrogens with one attached hydrogen (secondary N) is 1. The first-order valence-electron chi connectivity index (χ1n) is 5.53. The number of amides is 1. The lowest BCUT2D eigenvalue weighted by molar-refractivity contribution is -0.129. The van der Waals surface area contributed by atoms with E-state index in [0.29, 0.717) is 0 Å². The third-order valence-electron chi connectivity index (χ3n) is 2.32. The molecule has 0 aromatic carbocycles. The number of rotatable bonds is 4. The van der Waals surface area contributed by atoms with Crippen molar-refractivity contribution in [2.45, 2.75) is 46.7 Å². The molecule has 0 aliphatic rings. The minimum absolute atomic E-state index is 0.0820. The largest absolute Gasteiger partial charge is 0.353 e. The maximum atomic E-state index is 11.7. The van der Waals surface area contributed by atoms with Gasteiger partial charge in [0.05, 0.1) is 0 Å². The zero-order chi connectivity index (χ0) is 12.2. The highest BCUT2D eigenvalue weighted by Crippen LogP contribution is 2.13. The van der Waals surface area contributed by atoms with Crippen molar-refractivity contribution in [3.63, 3.8) is 0 Å². The Morgan fingerprint density at radius 3 is 2.69 bits per heavy atom. The fraction of sp³-hybridized carbons (Fsp3) is 0.727. The molecule has 16 heavy (non-hydrogen) atoms. The van der Waals surface area contributed by atoms with Crippen molar-refractivity contribution in [3.05, 3.63) is 12.7 Å². The third kappa shape index (κ3) is 4.00. The van der Waals surface area contributed by atoms with Crippen LogP contribution in [-0.4, -0.2) is 26.7 Å². The summed E-state index contributed by atoms with van der Waals surface area (Å²) in [6, 6.07) is 0.149. The van der Waals surface area contributed by atoms with Crippen LogP contribution in [0.5, 0.6) is 0 Å². The Kier molecular flexibility index (Phi) is 4.04. The number of aryl methyl sites for hydroxylation is 1. The Labute approximate surface area is 96.3 Å². The molecule has 0 bridgehead atoms. The molecule has 1 atom stereocenters. The molecule has 0 saturated heterocycles. The Bertz CT molecular complexity index is 326. The van der Waals surface area contributed by atoms with E-state index in [9.17, 15) is 4.79 Å². The van der Waals surface area contributed by atoms with Crippen LogP contribution in [0.25, 0.3) is 0 Å². The highest BCUT2D eigenvalue weighted by molar-refractivity contribution is 5.81. The van der Waals surface area contributed by atoms with Gasteiger partial charge in [-0.25, -0.2) is 4.98 Å². The van der Waals surface area contributed by atoms with Crippen molar-refractivity contribution in [1.29, 1.82) is 0 Å². The van der Waals surface area contributed by atoms with Gasteiger partial charge >= 0.3 is 0 Å². The minimum Gasteiger partial charge on any atom is -0.353 e. The fourth-order valence-corrected chi connectivity index (χ4v) is 1.19. The summed E-state index contributed by atoms with van der Waals surface area (Å²) in [6.45, 7) is 8.50. The lowest BCUT2D eigenvalue weighted by atomic mass is 9.95. The van der Waals surface area contributed by atoms with Gasteiger partial charge < -0.3 is 5.32 Å². The lowest BCUT2D eigenvalue weighted by Gasteiger charge is -2.21. The monoisotopic (exact) mass is 224 g/mol. The summed E-state index contributed by atoms with van der Waals surface area (Å²) in [4.78, 5) is 15.6. The Hall–Kier alpha value is -1.39. The molecule has 0 fully saturated rings. The first-order valence-corrected chi connectivity index (χ1v) is 5.53. The average Bonchev–Trinajstić information content (AvgIpc) is 2.65. The maximum Gasteiger partial charge on any atom is 0.225 e. The summed E-state index contributed by atoms with van der Waals surface area (Å²) in [5.41, 5.74) is -0.332. The molecule has 5 nitrogen and oxygen atoms in total. The predicted molar refractivity (Wildman–Crippen MR) is 61.7 cm³/mol. The summed E-state index contributed by atoms with van der Waals surface area (Å²) in [7, 11) is 0. The van der Waals surface area contributed by atoms with Crippen LogP contribution in [0.2, 0.25) is 0 Å². The van der Waals surface area contributed by atoms with Crippen LogP contribution in [0.1, 0.15) is 34.1 Å². The minimum atomic E-state index is -0.332. The first kappa shape index (κ1) is 12.7. The van der Waals surface area contributed by atoms with Gasteiger partial charge in [-0.2, -0.15) is 5.10 Å². The molecule has 1 rings (SSSR count). The Morgan fingerprint density at radius 2 is 2.19 bits per heavy atom. The quantitative estimate of drug-likeness (QED) is 0.836. The van der Waals surface area contributed by atoms with Crippen molar-refractivity contribution in [2.75, 3.05) is 0 Å². The van der Waals surface area contributed by atoms with Gasteiger partial charge in [-0.3, -0.25) is 9.48 Å². The second-order valence-electron chi connectivity index (χ2n) is 5.07. The summed E-state index contributed by atoms with van der Waals surface area (Å²) in [5.74, 6) is 0.0820. The van der Waals surface area contributed by atoms with E-state index < -0.39 is 0 Å². The summed E-state index contributed by atoms with van der Waals surface area (Å²) in [5, 5.41) is 6.99. The molecule has 0 saturated carbocycles. The topological polar surface area (TPSA) is 59.8 Å². The van der Waals surface area contributed by atoms with E-state index in [1.54, 1.807) is 11.0 Å². The molecule has 5 heteroatoms. The molecule has 1 heterocycles. The molecule has 1 N–H and O–H groups in total. The predicted octanol–water partition coefficient (Wildman–Crippen LogP) is 1.22. The van der Waals surface area contributed by atoms with Gasteiger partial charge in [0.15, 0.2) is 0 Å². The van der Waals surface area contributed by atoms with Gasteiger partial charge in [-0.15, -0.1) is 0 Å². The van der Waals surface area contributed by atoms with Crippen LogP contribution in [0, 0.1) is 5.41 Å². The Balaban J connectivity index is 2.31. The molecule has 90 valence electrons. The maximum absolute atomic E-state index is 11.7. The lowest BCUT2D eigenvalue weighted by Crippen LogP contribution is -2.40. The van der Waals surface area contributed by atoms with E-state index in [4.69, 9.17) is 0 Å². The van der Waals surface area contributed by atoms with Crippen molar-refractivity contribution in [3.8, 4) is 0 Å². The molecule has 0 aliphatic heterocycles. The van der Waals surface area contributed by atoms with Crippen molar-refractivity contribution >= 4 is 5.91 Å². The molecular formula is C11H20N4O. The fourth-order valence-electron chi connectivity index (χ4n) is 1.19. The van der Waals surface area contributed by atoms with E-state index in [1.807, 2.05) is 27.7 Å². The molecular weight excluding hydrogens is 204 g/mol. The molecule has 1 amide bonds. The highest BCUT2D eigenvalue weighted by Gasteiger charge is 2.22. The molecule has 1 aromatic rings. The van der Waals surface area contributed by atoms with E-state index in [0.717, 1.165) is 13.0 Å². The van der Waals surface area contributed by atoms with Crippen LogP contribution in [0.15, 0.2) is 12.7 Å². The number of hydrogen-bond acceptors (Lipinski definition) is 3. The number of hydrogen-bond donors (Lipinski definition) is 1. The van der Waals surface area contributed by atoms with Gasteiger partial charge in [0.25, 0.3) is 0 Å². The molecule has 0 spiro atoms. The summed E-state index contributed by atoms with van der Waals surface area (Å²) >= 11 is 0. The van der Waals surface area contributed by atoms with Crippen LogP contribution >= 0.6 is 0 Å². The average molecular weight is 224 g/mol. The smallest absolute Gasteiger partial charge is 0.225 e. The van der Waals surface area contributed by atoms with Crippen molar-refractivity contribution in [2.24, 2.45) is 5.41 Å². The SMILES string of the molecule is CC(CCn1cncn1)NC(=O)C(C)(C)C. The Morgan fingerprint density at radius 1 is 1.50 bits per heavy atom. The number of nitrogens with zero attached hydrogens (tertiary/aromatic N) is 3. The second kappa shape index (κ2) is 5.09. The first-order chi connectivity index (χ1) is 7.39. The van der Waals surface area contributed by atoms with Crippen LogP contribution in [0.3, 0.4) is 0 Å². The molecule has 0 radical (unpaired) electrons. The van der Waals surface area contributed by atoms with E-state index >= 15 is 0 Å². The van der Waals surface area contributed by atoms with Gasteiger partial charge in [0, 0.05) is 18.0 Å². The molecule has 0 aliphatic carbocycles. The van der Waals surface area contributed by atoms with Crippen molar-refractivity contribution in [1.82, 2.24) is 20.1 Å². The van der Waals surface area contributed by atoms with Gasteiger partial charge in [-0.1, -0.05) is 20.8 Å². The number of carbonyl (C=O) groups is 1. The summed E-state index contributed by atoms with van der Waals surface area (Å²) < 4.78 is 1.76. The highest BCUT2D eigenvalue weighted by atomic mass is 16.2. The normalized spacial score (nSPS) is 13.5.